The summed E-state index contributed by atoms with van der Waals surface area (Å²) in [5, 5.41) is 2.98. The molecule has 0 saturated heterocycles. The van der Waals surface area contributed by atoms with Crippen LogP contribution in [0.15, 0.2) is 36.7 Å². The molecule has 1 N–H and O–H groups in total. The van der Waals surface area contributed by atoms with Crippen LogP contribution in [0.2, 0.25) is 5.15 Å². The number of nitrogens with zero attached hydrogens (tertiary/aromatic N) is 3. The van der Waals surface area contributed by atoms with Gasteiger partial charge in [0, 0.05) is 14.1 Å². The zero-order valence-electron chi connectivity index (χ0n) is 10.6. The van der Waals surface area contributed by atoms with Gasteiger partial charge in [-0.05, 0) is 12.1 Å². The van der Waals surface area contributed by atoms with Crippen LogP contribution in [0.1, 0.15) is 10.5 Å². The van der Waals surface area contributed by atoms with Gasteiger partial charge in [-0.3, -0.25) is 9.78 Å². The summed E-state index contributed by atoms with van der Waals surface area (Å²) < 4.78 is 0. The molecule has 1 aromatic carbocycles. The van der Waals surface area contributed by atoms with E-state index in [4.69, 9.17) is 11.6 Å². The van der Waals surface area contributed by atoms with Gasteiger partial charge < -0.3 is 10.2 Å². The van der Waals surface area contributed by atoms with Crippen LogP contribution < -0.4 is 10.2 Å². The summed E-state index contributed by atoms with van der Waals surface area (Å²) in [4.78, 5) is 21.7. The Morgan fingerprint density at radius 1 is 1.26 bits per heavy atom. The standard InChI is InChI=1S/C13H13ClN4O/c1-18(2)11-6-4-3-5-9(11)17-13(19)10-7-15-8-12(14)16-10/h3-8H,1-2H3,(H,17,19). The molecule has 0 saturated carbocycles. The zero-order valence-corrected chi connectivity index (χ0v) is 11.3. The second kappa shape index (κ2) is 5.67. The van der Waals surface area contributed by atoms with E-state index in [2.05, 4.69) is 15.3 Å². The lowest BCUT2D eigenvalue weighted by Gasteiger charge is -2.17. The molecule has 2 aromatic rings. The average Bonchev–Trinajstić information content (AvgIpc) is 2.39. The molecule has 0 spiro atoms. The fourth-order valence-corrected chi connectivity index (χ4v) is 1.75. The van der Waals surface area contributed by atoms with Crippen molar-refractivity contribution in [2.45, 2.75) is 0 Å². The second-order valence-electron chi connectivity index (χ2n) is 4.09. The lowest BCUT2D eigenvalue weighted by Crippen LogP contribution is -2.17. The highest BCUT2D eigenvalue weighted by molar-refractivity contribution is 6.29. The summed E-state index contributed by atoms with van der Waals surface area (Å²) in [5.74, 6) is -0.343. The maximum absolute atomic E-state index is 12.1. The molecule has 1 aromatic heterocycles. The van der Waals surface area contributed by atoms with Crippen LogP contribution in [0, 0.1) is 0 Å². The first-order valence-electron chi connectivity index (χ1n) is 5.63. The van der Waals surface area contributed by atoms with Crippen molar-refractivity contribution >= 4 is 28.9 Å². The van der Waals surface area contributed by atoms with E-state index >= 15 is 0 Å². The van der Waals surface area contributed by atoms with Crippen molar-refractivity contribution in [2.75, 3.05) is 24.3 Å². The second-order valence-corrected chi connectivity index (χ2v) is 4.48. The van der Waals surface area contributed by atoms with Gasteiger partial charge in [-0.2, -0.15) is 0 Å². The van der Waals surface area contributed by atoms with Crippen LogP contribution in [0.4, 0.5) is 11.4 Å². The number of para-hydroxylation sites is 2. The van der Waals surface area contributed by atoms with Gasteiger partial charge in [-0.15, -0.1) is 0 Å². The van der Waals surface area contributed by atoms with E-state index in [-0.39, 0.29) is 16.8 Å². The van der Waals surface area contributed by atoms with Crippen LogP contribution in [0.25, 0.3) is 0 Å². The summed E-state index contributed by atoms with van der Waals surface area (Å²) in [6, 6.07) is 7.50. The molecule has 0 atom stereocenters. The Hall–Kier alpha value is -2.14. The SMILES string of the molecule is CN(C)c1ccccc1NC(=O)c1cncc(Cl)n1. The Morgan fingerprint density at radius 2 is 2.00 bits per heavy atom. The Bertz CT molecular complexity index is 601. The fraction of sp³-hybridized carbons (Fsp3) is 0.154. The lowest BCUT2D eigenvalue weighted by atomic mass is 10.2. The summed E-state index contributed by atoms with van der Waals surface area (Å²) in [5.41, 5.74) is 1.80. The van der Waals surface area contributed by atoms with Crippen molar-refractivity contribution in [2.24, 2.45) is 0 Å². The topological polar surface area (TPSA) is 58.1 Å². The molecule has 19 heavy (non-hydrogen) atoms. The number of amides is 1. The number of hydrogen-bond acceptors (Lipinski definition) is 4. The number of anilines is 2. The van der Waals surface area contributed by atoms with Crippen LogP contribution >= 0.6 is 11.6 Å². The van der Waals surface area contributed by atoms with Gasteiger partial charge in [0.25, 0.3) is 5.91 Å². The quantitative estimate of drug-likeness (QED) is 0.935. The summed E-state index contributed by atoms with van der Waals surface area (Å²) in [6.07, 6.45) is 2.76. The third kappa shape index (κ3) is 3.20. The molecule has 1 amide bonds. The molecule has 1 heterocycles. The van der Waals surface area contributed by atoms with E-state index in [0.29, 0.717) is 5.69 Å². The molecular weight excluding hydrogens is 264 g/mol. The van der Waals surface area contributed by atoms with Crippen molar-refractivity contribution in [3.8, 4) is 0 Å². The molecule has 0 bridgehead atoms. The van der Waals surface area contributed by atoms with E-state index in [1.54, 1.807) is 0 Å². The molecule has 5 nitrogen and oxygen atoms in total. The van der Waals surface area contributed by atoms with E-state index < -0.39 is 0 Å². The first-order chi connectivity index (χ1) is 9.08. The van der Waals surface area contributed by atoms with E-state index in [1.807, 2.05) is 43.3 Å². The normalized spacial score (nSPS) is 10.1. The molecule has 0 unspecified atom stereocenters. The molecule has 0 aliphatic carbocycles. The van der Waals surface area contributed by atoms with Gasteiger partial charge in [0.1, 0.15) is 10.8 Å². The van der Waals surface area contributed by atoms with Gasteiger partial charge in [-0.1, -0.05) is 23.7 Å². The monoisotopic (exact) mass is 276 g/mol. The first-order valence-corrected chi connectivity index (χ1v) is 6.01. The van der Waals surface area contributed by atoms with E-state index in [9.17, 15) is 4.79 Å². The fourth-order valence-electron chi connectivity index (χ4n) is 1.61. The molecular formula is C13H13ClN4O. The minimum atomic E-state index is -0.343. The Labute approximate surface area is 116 Å². The third-order valence-corrected chi connectivity index (χ3v) is 2.65. The smallest absolute Gasteiger partial charge is 0.275 e. The number of benzene rings is 1. The highest BCUT2D eigenvalue weighted by Crippen LogP contribution is 2.23. The summed E-state index contributed by atoms with van der Waals surface area (Å²) in [7, 11) is 3.81. The molecule has 6 heteroatoms. The van der Waals surface area contributed by atoms with Crippen LogP contribution in [-0.4, -0.2) is 30.0 Å². The number of carbonyl (C=O) groups is 1. The van der Waals surface area contributed by atoms with Crippen molar-refractivity contribution in [3.63, 3.8) is 0 Å². The van der Waals surface area contributed by atoms with E-state index in [1.165, 1.54) is 12.4 Å². The highest BCUT2D eigenvalue weighted by atomic mass is 35.5. The predicted octanol–water partition coefficient (Wildman–Crippen LogP) is 2.45. The number of halogens is 1. The van der Waals surface area contributed by atoms with Crippen LogP contribution in [0.5, 0.6) is 0 Å². The highest BCUT2D eigenvalue weighted by Gasteiger charge is 2.11. The van der Waals surface area contributed by atoms with E-state index in [0.717, 1.165) is 5.69 Å². The molecule has 0 aliphatic rings. The average molecular weight is 277 g/mol. The Balaban J connectivity index is 2.24. The molecule has 98 valence electrons. The molecule has 0 radical (unpaired) electrons. The third-order valence-electron chi connectivity index (χ3n) is 2.47. The van der Waals surface area contributed by atoms with Crippen LogP contribution in [0.3, 0.4) is 0 Å². The Morgan fingerprint density at radius 3 is 2.68 bits per heavy atom. The van der Waals surface area contributed by atoms with Gasteiger partial charge >= 0.3 is 0 Å². The first kappa shape index (κ1) is 13.3. The van der Waals surface area contributed by atoms with Gasteiger partial charge in [0.15, 0.2) is 0 Å². The Kier molecular flexibility index (Phi) is 3.97. The molecule has 0 aliphatic heterocycles. The maximum Gasteiger partial charge on any atom is 0.275 e. The molecule has 0 fully saturated rings. The number of nitrogens with one attached hydrogen (secondary N) is 1. The number of hydrogen-bond donors (Lipinski definition) is 1. The van der Waals surface area contributed by atoms with Crippen LogP contribution in [-0.2, 0) is 0 Å². The summed E-state index contributed by atoms with van der Waals surface area (Å²) in [6.45, 7) is 0. The largest absolute Gasteiger partial charge is 0.376 e. The lowest BCUT2D eigenvalue weighted by molar-refractivity contribution is 0.102. The number of aromatic nitrogens is 2. The maximum atomic E-state index is 12.1. The number of carbonyl (C=O) groups excluding carboxylic acids is 1. The van der Waals surface area contributed by atoms with Crippen molar-refractivity contribution in [3.05, 3.63) is 47.5 Å². The van der Waals surface area contributed by atoms with Crippen molar-refractivity contribution in [1.82, 2.24) is 9.97 Å². The molecule has 2 rings (SSSR count). The van der Waals surface area contributed by atoms with Gasteiger partial charge in [-0.25, -0.2) is 4.98 Å². The van der Waals surface area contributed by atoms with Crippen molar-refractivity contribution in [1.29, 1.82) is 0 Å². The minimum Gasteiger partial charge on any atom is -0.376 e. The zero-order chi connectivity index (χ0) is 13.8. The van der Waals surface area contributed by atoms with Gasteiger partial charge in [0.2, 0.25) is 0 Å². The van der Waals surface area contributed by atoms with Gasteiger partial charge in [0.05, 0.1) is 23.8 Å². The number of rotatable bonds is 3. The van der Waals surface area contributed by atoms with Crippen molar-refractivity contribution < 1.29 is 4.79 Å². The minimum absolute atomic E-state index is 0.182. The summed E-state index contributed by atoms with van der Waals surface area (Å²) >= 11 is 5.71. The predicted molar refractivity (Wildman–Crippen MR) is 75.8 cm³/mol.